The quantitative estimate of drug-likeness (QED) is 0.678. The topological polar surface area (TPSA) is 87.0 Å². The predicted octanol–water partition coefficient (Wildman–Crippen LogP) is 2.89. The van der Waals surface area contributed by atoms with Gasteiger partial charge in [-0.15, -0.1) is 0 Å². The van der Waals surface area contributed by atoms with E-state index < -0.39 is 15.9 Å². The summed E-state index contributed by atoms with van der Waals surface area (Å²) >= 11 is 0. The van der Waals surface area contributed by atoms with Crippen molar-refractivity contribution >= 4 is 27.7 Å². The van der Waals surface area contributed by atoms with Crippen molar-refractivity contribution in [2.45, 2.75) is 31.6 Å². The maximum atomic E-state index is 13.4. The maximum absolute atomic E-state index is 13.4. The highest BCUT2D eigenvalue weighted by Gasteiger charge is 2.37. The van der Waals surface area contributed by atoms with Crippen LogP contribution in [0.25, 0.3) is 6.08 Å². The van der Waals surface area contributed by atoms with Crippen LogP contribution in [0.4, 0.5) is 5.69 Å². The molecule has 1 aliphatic rings. The van der Waals surface area contributed by atoms with Crippen LogP contribution < -0.4 is 4.90 Å². The predicted molar refractivity (Wildman–Crippen MR) is 120 cm³/mol. The van der Waals surface area contributed by atoms with Gasteiger partial charge in [0.15, 0.2) is 10.7 Å². The number of piperidine rings is 1. The van der Waals surface area contributed by atoms with Crippen molar-refractivity contribution in [2.75, 3.05) is 39.1 Å². The molecule has 1 aliphatic heterocycles. The molecule has 0 aliphatic carbocycles. The van der Waals surface area contributed by atoms with Crippen molar-refractivity contribution in [1.82, 2.24) is 14.4 Å². The fraction of sp³-hybridized carbons (Fsp3) is 0.455. The summed E-state index contributed by atoms with van der Waals surface area (Å²) in [6.07, 6.45) is 4.56. The second kappa shape index (κ2) is 9.23. The fourth-order valence-electron chi connectivity index (χ4n) is 3.74. The number of amides is 1. The van der Waals surface area contributed by atoms with Gasteiger partial charge in [-0.1, -0.05) is 17.3 Å². The molecule has 0 saturated carbocycles. The summed E-state index contributed by atoms with van der Waals surface area (Å²) in [6.45, 7) is 4.09. The lowest BCUT2D eigenvalue weighted by Gasteiger charge is -2.33. The van der Waals surface area contributed by atoms with E-state index in [4.69, 9.17) is 4.52 Å². The van der Waals surface area contributed by atoms with E-state index in [1.54, 1.807) is 36.0 Å². The number of aryl methyl sites for hydroxylation is 2. The monoisotopic (exact) mass is 446 g/mol. The second-order valence-corrected chi connectivity index (χ2v) is 10.1. The van der Waals surface area contributed by atoms with E-state index in [9.17, 15) is 13.2 Å². The molecule has 0 N–H and O–H groups in total. The molecule has 9 heteroatoms. The molecule has 1 saturated heterocycles. The molecule has 2 heterocycles. The van der Waals surface area contributed by atoms with Gasteiger partial charge in [0.2, 0.25) is 15.9 Å². The molecule has 1 fully saturated rings. The van der Waals surface area contributed by atoms with Gasteiger partial charge in [0, 0.05) is 52.2 Å². The van der Waals surface area contributed by atoms with E-state index in [2.05, 4.69) is 5.16 Å². The summed E-state index contributed by atoms with van der Waals surface area (Å²) in [7, 11) is 1.55. The largest absolute Gasteiger partial charge is 0.383 e. The standard InChI is InChI=1S/C22H30N4O4S/c1-16-8-6-10-19(14-16)25(5)22(27)18-9-7-12-26(15-18)31(28,29)21-17(2)23-30-20(21)11-13-24(3)4/h6,8,10-11,13-14,18H,7,9,12,15H2,1-5H3/b13-11+/t18-/m1/s1. The Bertz CT molecular complexity index is 1070. The molecular weight excluding hydrogens is 416 g/mol. The van der Waals surface area contributed by atoms with Crippen molar-refractivity contribution in [3.8, 4) is 0 Å². The summed E-state index contributed by atoms with van der Waals surface area (Å²) < 4.78 is 33.5. The van der Waals surface area contributed by atoms with Crippen LogP contribution in [0.5, 0.6) is 0 Å². The van der Waals surface area contributed by atoms with Crippen molar-refractivity contribution in [1.29, 1.82) is 0 Å². The average Bonchev–Trinajstić information content (AvgIpc) is 3.12. The van der Waals surface area contributed by atoms with E-state index in [0.717, 1.165) is 11.3 Å². The molecular formula is C22H30N4O4S. The second-order valence-electron chi connectivity index (χ2n) is 8.18. The lowest BCUT2D eigenvalue weighted by Crippen LogP contribution is -2.46. The van der Waals surface area contributed by atoms with Crippen LogP contribution in [0, 0.1) is 19.8 Å². The summed E-state index contributed by atoms with van der Waals surface area (Å²) in [4.78, 5) is 16.6. The van der Waals surface area contributed by atoms with Crippen molar-refractivity contribution in [3.63, 3.8) is 0 Å². The third-order valence-electron chi connectivity index (χ3n) is 5.41. The van der Waals surface area contributed by atoms with Crippen molar-refractivity contribution in [3.05, 3.63) is 47.5 Å². The highest BCUT2D eigenvalue weighted by atomic mass is 32.2. The van der Waals surface area contributed by atoms with Crippen LogP contribution in [-0.2, 0) is 14.8 Å². The third kappa shape index (κ3) is 4.99. The molecule has 31 heavy (non-hydrogen) atoms. The first-order valence-electron chi connectivity index (χ1n) is 10.3. The normalized spacial score (nSPS) is 17.8. The summed E-state index contributed by atoms with van der Waals surface area (Å²) in [5.41, 5.74) is 2.17. The number of hydrogen-bond donors (Lipinski definition) is 0. The molecule has 168 valence electrons. The SMILES string of the molecule is Cc1cccc(N(C)C(=O)[C@@H]2CCCN(S(=O)(=O)c3c(C)noc3/C=C/N(C)C)C2)c1. The Balaban J connectivity index is 1.83. The van der Waals surface area contributed by atoms with Gasteiger partial charge in [-0.05, 0) is 44.4 Å². The van der Waals surface area contributed by atoms with E-state index >= 15 is 0 Å². The molecule has 1 aromatic carbocycles. The van der Waals surface area contributed by atoms with Crippen molar-refractivity contribution in [2.24, 2.45) is 5.92 Å². The maximum Gasteiger partial charge on any atom is 0.248 e. The minimum absolute atomic E-state index is 0.0609. The van der Waals surface area contributed by atoms with Crippen LogP contribution >= 0.6 is 0 Å². The minimum Gasteiger partial charge on any atom is -0.383 e. The van der Waals surface area contributed by atoms with E-state index in [0.29, 0.717) is 25.1 Å². The van der Waals surface area contributed by atoms with Gasteiger partial charge in [-0.25, -0.2) is 8.42 Å². The Morgan fingerprint density at radius 3 is 2.68 bits per heavy atom. The molecule has 8 nitrogen and oxygen atoms in total. The van der Waals surface area contributed by atoms with E-state index in [1.165, 1.54) is 4.31 Å². The average molecular weight is 447 g/mol. The van der Waals surface area contributed by atoms with Crippen LogP contribution in [0.15, 0.2) is 39.9 Å². The van der Waals surface area contributed by atoms with Gasteiger partial charge in [0.05, 0.1) is 5.92 Å². The Labute approximate surface area is 184 Å². The number of benzene rings is 1. The van der Waals surface area contributed by atoms with Crippen LogP contribution in [0.3, 0.4) is 0 Å². The van der Waals surface area contributed by atoms with Gasteiger partial charge in [0.25, 0.3) is 0 Å². The first-order valence-corrected chi connectivity index (χ1v) is 11.7. The van der Waals surface area contributed by atoms with Gasteiger partial charge in [0.1, 0.15) is 5.69 Å². The highest BCUT2D eigenvalue weighted by molar-refractivity contribution is 7.89. The zero-order valence-corrected chi connectivity index (χ0v) is 19.5. The number of nitrogens with zero attached hydrogens (tertiary/aromatic N) is 4. The van der Waals surface area contributed by atoms with Gasteiger partial charge in [-0.2, -0.15) is 4.31 Å². The Morgan fingerprint density at radius 2 is 2.00 bits per heavy atom. The van der Waals surface area contributed by atoms with Crippen molar-refractivity contribution < 1.29 is 17.7 Å². The Morgan fingerprint density at radius 1 is 1.26 bits per heavy atom. The first-order chi connectivity index (χ1) is 14.6. The van der Waals surface area contributed by atoms with Gasteiger partial charge >= 0.3 is 0 Å². The van der Waals surface area contributed by atoms with Crippen LogP contribution in [0.1, 0.15) is 29.9 Å². The Kier molecular flexibility index (Phi) is 6.86. The summed E-state index contributed by atoms with van der Waals surface area (Å²) in [5, 5.41) is 3.86. The highest BCUT2D eigenvalue weighted by Crippen LogP contribution is 2.30. The molecule has 0 spiro atoms. The fourth-order valence-corrected chi connectivity index (χ4v) is 5.52. The van der Waals surface area contributed by atoms with Gasteiger partial charge in [-0.3, -0.25) is 4.79 Å². The lowest BCUT2D eigenvalue weighted by atomic mass is 9.98. The molecule has 1 amide bonds. The molecule has 2 aromatic rings. The third-order valence-corrected chi connectivity index (χ3v) is 7.43. The smallest absolute Gasteiger partial charge is 0.248 e. The van der Waals surface area contributed by atoms with E-state index in [1.807, 2.05) is 45.3 Å². The molecule has 1 atom stereocenters. The Hall–Kier alpha value is -2.65. The van der Waals surface area contributed by atoms with Crippen LogP contribution in [0.2, 0.25) is 0 Å². The number of aromatic nitrogens is 1. The zero-order valence-electron chi connectivity index (χ0n) is 18.7. The number of anilines is 1. The molecule has 0 radical (unpaired) electrons. The van der Waals surface area contributed by atoms with Crippen LogP contribution in [-0.4, -0.2) is 62.9 Å². The first kappa shape index (κ1) is 23.0. The minimum atomic E-state index is -3.85. The molecule has 3 rings (SSSR count). The molecule has 0 unspecified atom stereocenters. The number of rotatable bonds is 6. The van der Waals surface area contributed by atoms with Gasteiger partial charge < -0.3 is 14.3 Å². The molecule has 0 bridgehead atoms. The lowest BCUT2D eigenvalue weighted by molar-refractivity contribution is -0.123. The number of carbonyl (C=O) groups is 1. The molecule has 1 aromatic heterocycles. The number of hydrogen-bond acceptors (Lipinski definition) is 6. The summed E-state index contributed by atoms with van der Waals surface area (Å²) in [6, 6.07) is 7.70. The zero-order chi connectivity index (χ0) is 22.8. The number of carbonyl (C=O) groups excluding carboxylic acids is 1. The number of sulfonamides is 1. The summed E-state index contributed by atoms with van der Waals surface area (Å²) in [5.74, 6) is -0.299. The van der Waals surface area contributed by atoms with E-state index in [-0.39, 0.29) is 23.1 Å².